The average Bonchev–Trinajstić information content (AvgIpc) is 2.28. The molecule has 4 heteroatoms. The lowest BCUT2D eigenvalue weighted by Crippen LogP contribution is -2.31. The molecule has 1 rings (SSSR count). The SMILES string of the molecule is CNCCC(N)C(O)c1ccc(Cl)c(C)c1. The summed E-state index contributed by atoms with van der Waals surface area (Å²) >= 11 is 5.93. The number of rotatable bonds is 5. The van der Waals surface area contributed by atoms with Gasteiger partial charge in [0.05, 0.1) is 6.10 Å². The molecule has 0 aromatic heterocycles. The fourth-order valence-electron chi connectivity index (χ4n) is 1.57. The molecule has 0 saturated carbocycles. The van der Waals surface area contributed by atoms with Crippen molar-refractivity contribution in [3.05, 3.63) is 34.3 Å². The summed E-state index contributed by atoms with van der Waals surface area (Å²) in [6.07, 6.45) is 0.101. The van der Waals surface area contributed by atoms with Gasteiger partial charge in [-0.25, -0.2) is 0 Å². The topological polar surface area (TPSA) is 58.3 Å². The number of hydrogen-bond acceptors (Lipinski definition) is 3. The van der Waals surface area contributed by atoms with E-state index in [4.69, 9.17) is 17.3 Å². The monoisotopic (exact) mass is 242 g/mol. The van der Waals surface area contributed by atoms with Crippen LogP contribution in [0.1, 0.15) is 23.7 Å². The van der Waals surface area contributed by atoms with E-state index < -0.39 is 6.10 Å². The van der Waals surface area contributed by atoms with Crippen molar-refractivity contribution in [2.24, 2.45) is 5.73 Å². The van der Waals surface area contributed by atoms with Crippen LogP contribution in [0.4, 0.5) is 0 Å². The Bertz CT molecular complexity index is 344. The van der Waals surface area contributed by atoms with Gasteiger partial charge in [-0.3, -0.25) is 0 Å². The van der Waals surface area contributed by atoms with Gasteiger partial charge in [-0.15, -0.1) is 0 Å². The maximum absolute atomic E-state index is 10.0. The van der Waals surface area contributed by atoms with Crippen LogP contribution >= 0.6 is 11.6 Å². The summed E-state index contributed by atoms with van der Waals surface area (Å²) in [7, 11) is 1.87. The maximum atomic E-state index is 10.0. The fourth-order valence-corrected chi connectivity index (χ4v) is 1.69. The highest BCUT2D eigenvalue weighted by molar-refractivity contribution is 6.31. The van der Waals surface area contributed by atoms with Crippen LogP contribution in [-0.4, -0.2) is 24.7 Å². The molecule has 2 atom stereocenters. The predicted octanol–water partition coefficient (Wildman–Crippen LogP) is 1.62. The zero-order valence-corrected chi connectivity index (χ0v) is 10.5. The number of halogens is 1. The van der Waals surface area contributed by atoms with Crippen LogP contribution in [0.2, 0.25) is 5.02 Å². The Morgan fingerprint density at radius 3 is 2.75 bits per heavy atom. The van der Waals surface area contributed by atoms with Crippen LogP contribution in [-0.2, 0) is 0 Å². The van der Waals surface area contributed by atoms with Gasteiger partial charge >= 0.3 is 0 Å². The molecule has 16 heavy (non-hydrogen) atoms. The average molecular weight is 243 g/mol. The van der Waals surface area contributed by atoms with Crippen molar-refractivity contribution < 1.29 is 5.11 Å². The highest BCUT2D eigenvalue weighted by Gasteiger charge is 2.16. The van der Waals surface area contributed by atoms with Gasteiger partial charge in [-0.05, 0) is 44.1 Å². The first-order valence-electron chi connectivity index (χ1n) is 5.40. The van der Waals surface area contributed by atoms with Crippen molar-refractivity contribution in [3.8, 4) is 0 Å². The van der Waals surface area contributed by atoms with Gasteiger partial charge in [0.25, 0.3) is 0 Å². The molecule has 0 aliphatic rings. The molecule has 0 heterocycles. The van der Waals surface area contributed by atoms with E-state index in [0.29, 0.717) is 5.02 Å². The molecular formula is C12H19ClN2O. The number of benzene rings is 1. The molecule has 1 aromatic carbocycles. The minimum Gasteiger partial charge on any atom is -0.387 e. The number of hydrogen-bond donors (Lipinski definition) is 3. The second-order valence-corrected chi connectivity index (χ2v) is 4.42. The summed E-state index contributed by atoms with van der Waals surface area (Å²) in [5.41, 5.74) is 7.68. The van der Waals surface area contributed by atoms with Gasteiger partial charge in [0, 0.05) is 11.1 Å². The van der Waals surface area contributed by atoms with E-state index in [9.17, 15) is 5.11 Å². The van der Waals surface area contributed by atoms with Crippen LogP contribution < -0.4 is 11.1 Å². The number of nitrogens with one attached hydrogen (secondary N) is 1. The Labute approximate surface area is 102 Å². The molecule has 1 aromatic rings. The third-order valence-corrected chi connectivity index (χ3v) is 3.08. The van der Waals surface area contributed by atoms with E-state index in [0.717, 1.165) is 24.1 Å². The number of nitrogens with two attached hydrogens (primary N) is 1. The number of aliphatic hydroxyl groups is 1. The Morgan fingerprint density at radius 1 is 1.50 bits per heavy atom. The van der Waals surface area contributed by atoms with Crippen LogP contribution in [0, 0.1) is 6.92 Å². The molecule has 2 unspecified atom stereocenters. The molecule has 0 bridgehead atoms. The molecule has 0 saturated heterocycles. The standard InChI is InChI=1S/C12H19ClN2O/c1-8-7-9(3-4-10(8)13)12(16)11(14)5-6-15-2/h3-4,7,11-12,15-16H,5-6,14H2,1-2H3. The van der Waals surface area contributed by atoms with E-state index >= 15 is 0 Å². The Hall–Kier alpha value is -0.610. The molecule has 0 spiro atoms. The largest absolute Gasteiger partial charge is 0.387 e. The van der Waals surface area contributed by atoms with Crippen molar-refractivity contribution in [1.82, 2.24) is 5.32 Å². The van der Waals surface area contributed by atoms with Crippen LogP contribution in [0.3, 0.4) is 0 Å². The van der Waals surface area contributed by atoms with Crippen LogP contribution in [0.25, 0.3) is 0 Å². The predicted molar refractivity (Wildman–Crippen MR) is 67.7 cm³/mol. The summed E-state index contributed by atoms with van der Waals surface area (Å²) in [5.74, 6) is 0. The molecule has 0 aliphatic carbocycles. The van der Waals surface area contributed by atoms with E-state index in [2.05, 4.69) is 5.32 Å². The lowest BCUT2D eigenvalue weighted by Gasteiger charge is -2.19. The summed E-state index contributed by atoms with van der Waals surface area (Å²) < 4.78 is 0. The Balaban J connectivity index is 2.71. The third-order valence-electron chi connectivity index (χ3n) is 2.66. The summed E-state index contributed by atoms with van der Waals surface area (Å²) in [6.45, 7) is 2.71. The van der Waals surface area contributed by atoms with E-state index in [-0.39, 0.29) is 6.04 Å². The second-order valence-electron chi connectivity index (χ2n) is 4.01. The summed E-state index contributed by atoms with van der Waals surface area (Å²) in [5, 5.41) is 13.8. The first kappa shape index (κ1) is 13.5. The first-order valence-corrected chi connectivity index (χ1v) is 5.78. The molecule has 3 nitrogen and oxygen atoms in total. The van der Waals surface area contributed by atoms with Crippen LogP contribution in [0.5, 0.6) is 0 Å². The van der Waals surface area contributed by atoms with E-state index in [1.54, 1.807) is 6.07 Å². The quantitative estimate of drug-likeness (QED) is 0.736. The normalized spacial score (nSPS) is 14.8. The fraction of sp³-hybridized carbons (Fsp3) is 0.500. The number of aryl methyl sites for hydroxylation is 1. The van der Waals surface area contributed by atoms with Crippen molar-refractivity contribution in [1.29, 1.82) is 0 Å². The number of aliphatic hydroxyl groups excluding tert-OH is 1. The van der Waals surface area contributed by atoms with Gasteiger partial charge in [-0.1, -0.05) is 23.7 Å². The van der Waals surface area contributed by atoms with Crippen molar-refractivity contribution in [3.63, 3.8) is 0 Å². The highest BCUT2D eigenvalue weighted by atomic mass is 35.5. The highest BCUT2D eigenvalue weighted by Crippen LogP contribution is 2.22. The molecule has 90 valence electrons. The second kappa shape index (κ2) is 6.21. The molecule has 0 fully saturated rings. The first-order chi connectivity index (χ1) is 7.56. The molecule has 0 aliphatic heterocycles. The van der Waals surface area contributed by atoms with Crippen LogP contribution in [0.15, 0.2) is 18.2 Å². The Kier molecular flexibility index (Phi) is 5.22. The van der Waals surface area contributed by atoms with Crippen molar-refractivity contribution >= 4 is 11.6 Å². The van der Waals surface area contributed by atoms with Gasteiger partial charge in [0.2, 0.25) is 0 Å². The zero-order valence-electron chi connectivity index (χ0n) is 9.70. The lowest BCUT2D eigenvalue weighted by atomic mass is 9.99. The minimum absolute atomic E-state index is 0.256. The molecule has 4 N–H and O–H groups in total. The maximum Gasteiger partial charge on any atom is 0.0941 e. The van der Waals surface area contributed by atoms with Gasteiger partial charge in [0.15, 0.2) is 0 Å². The molecular weight excluding hydrogens is 224 g/mol. The third kappa shape index (κ3) is 3.46. The summed E-state index contributed by atoms with van der Waals surface area (Å²) in [4.78, 5) is 0. The van der Waals surface area contributed by atoms with Gasteiger partial charge < -0.3 is 16.2 Å². The lowest BCUT2D eigenvalue weighted by molar-refractivity contribution is 0.142. The van der Waals surface area contributed by atoms with E-state index in [1.165, 1.54) is 0 Å². The smallest absolute Gasteiger partial charge is 0.0941 e. The van der Waals surface area contributed by atoms with Crippen molar-refractivity contribution in [2.75, 3.05) is 13.6 Å². The molecule has 0 amide bonds. The minimum atomic E-state index is -0.635. The van der Waals surface area contributed by atoms with Crippen molar-refractivity contribution in [2.45, 2.75) is 25.5 Å². The molecule has 0 radical (unpaired) electrons. The Morgan fingerprint density at radius 2 is 2.19 bits per heavy atom. The van der Waals surface area contributed by atoms with Gasteiger partial charge in [0.1, 0.15) is 0 Å². The van der Waals surface area contributed by atoms with E-state index in [1.807, 2.05) is 26.1 Å². The van der Waals surface area contributed by atoms with Gasteiger partial charge in [-0.2, -0.15) is 0 Å². The zero-order chi connectivity index (χ0) is 12.1. The summed E-state index contributed by atoms with van der Waals surface area (Å²) in [6, 6.07) is 5.24.